The van der Waals surface area contributed by atoms with E-state index in [9.17, 15) is 9.59 Å². The summed E-state index contributed by atoms with van der Waals surface area (Å²) >= 11 is 0. The Morgan fingerprint density at radius 2 is 1.85 bits per heavy atom. The van der Waals surface area contributed by atoms with Crippen molar-refractivity contribution in [3.63, 3.8) is 0 Å². The normalized spacial score (nSPS) is 11.9. The van der Waals surface area contributed by atoms with Crippen LogP contribution in [0.15, 0.2) is 0 Å². The van der Waals surface area contributed by atoms with Gasteiger partial charge >= 0.3 is 0 Å². The first-order chi connectivity index (χ1) is 9.60. The van der Waals surface area contributed by atoms with Gasteiger partial charge in [0.15, 0.2) is 0 Å². The Morgan fingerprint density at radius 3 is 2.45 bits per heavy atom. The third-order valence-corrected chi connectivity index (χ3v) is 3.28. The van der Waals surface area contributed by atoms with E-state index in [2.05, 4.69) is 17.6 Å². The monoisotopic (exact) mass is 286 g/mol. The summed E-state index contributed by atoms with van der Waals surface area (Å²) in [6, 6.07) is 0. The molecule has 118 valence electrons. The van der Waals surface area contributed by atoms with E-state index < -0.39 is 0 Å². The molecule has 3 N–H and O–H groups in total. The van der Waals surface area contributed by atoms with Crippen LogP contribution < -0.4 is 10.6 Å². The molecule has 0 radical (unpaired) electrons. The zero-order valence-corrected chi connectivity index (χ0v) is 12.9. The number of hydrogen-bond acceptors (Lipinski definition) is 3. The number of nitrogens with one attached hydrogen (secondary N) is 2. The molecule has 0 aliphatic carbocycles. The van der Waals surface area contributed by atoms with E-state index in [4.69, 9.17) is 5.11 Å². The first-order valence-electron chi connectivity index (χ1n) is 7.72. The third-order valence-electron chi connectivity index (χ3n) is 3.28. The van der Waals surface area contributed by atoms with Gasteiger partial charge in [0.05, 0.1) is 0 Å². The maximum absolute atomic E-state index is 11.7. The highest BCUT2D eigenvalue weighted by Crippen LogP contribution is 2.09. The molecule has 0 aliphatic rings. The first kappa shape index (κ1) is 18.9. The highest BCUT2D eigenvalue weighted by atomic mass is 16.3. The van der Waals surface area contributed by atoms with Crippen molar-refractivity contribution < 1.29 is 14.7 Å². The van der Waals surface area contributed by atoms with Gasteiger partial charge in [-0.3, -0.25) is 9.59 Å². The zero-order chi connectivity index (χ0) is 15.2. The number of rotatable bonds is 12. The number of carbonyl (C=O) groups is 2. The number of aliphatic hydroxyl groups is 1. The highest BCUT2D eigenvalue weighted by Gasteiger charge is 2.09. The predicted molar refractivity (Wildman–Crippen MR) is 80.3 cm³/mol. The van der Waals surface area contributed by atoms with Gasteiger partial charge in [0.25, 0.3) is 0 Å². The topological polar surface area (TPSA) is 78.4 Å². The Bertz CT molecular complexity index is 264. The lowest BCUT2D eigenvalue weighted by Gasteiger charge is -2.15. The second-order valence-electron chi connectivity index (χ2n) is 5.26. The summed E-state index contributed by atoms with van der Waals surface area (Å²) in [6.07, 6.45) is 6.12. The van der Waals surface area contributed by atoms with Crippen molar-refractivity contribution in [3.05, 3.63) is 0 Å². The molecular weight excluding hydrogens is 256 g/mol. The highest BCUT2D eigenvalue weighted by molar-refractivity contribution is 5.75. The van der Waals surface area contributed by atoms with E-state index in [0.717, 1.165) is 38.5 Å². The second kappa shape index (κ2) is 12.9. The molecule has 0 saturated carbocycles. The standard InChI is InChI=1S/C15H30N2O3/c1-3-7-14(9-11-18)12-17-15(20)8-5-4-6-10-16-13(2)19/h14,18H,3-12H2,1-2H3,(H,16,19)(H,17,20). The van der Waals surface area contributed by atoms with E-state index in [1.165, 1.54) is 6.92 Å². The Labute approximate surface area is 122 Å². The van der Waals surface area contributed by atoms with E-state index in [1.807, 2.05) is 0 Å². The maximum atomic E-state index is 11.7. The molecule has 0 fully saturated rings. The van der Waals surface area contributed by atoms with E-state index in [0.29, 0.717) is 25.4 Å². The van der Waals surface area contributed by atoms with Crippen LogP contribution in [0.2, 0.25) is 0 Å². The smallest absolute Gasteiger partial charge is 0.220 e. The van der Waals surface area contributed by atoms with Crippen molar-refractivity contribution in [1.29, 1.82) is 0 Å². The van der Waals surface area contributed by atoms with Gasteiger partial charge in [-0.05, 0) is 31.6 Å². The predicted octanol–water partition coefficient (Wildman–Crippen LogP) is 1.60. The van der Waals surface area contributed by atoms with Gasteiger partial charge in [0.1, 0.15) is 0 Å². The van der Waals surface area contributed by atoms with Gasteiger partial charge in [0.2, 0.25) is 11.8 Å². The average Bonchev–Trinajstić information content (AvgIpc) is 2.40. The molecule has 20 heavy (non-hydrogen) atoms. The van der Waals surface area contributed by atoms with Gasteiger partial charge < -0.3 is 15.7 Å². The Morgan fingerprint density at radius 1 is 1.10 bits per heavy atom. The lowest BCUT2D eigenvalue weighted by Crippen LogP contribution is -2.29. The van der Waals surface area contributed by atoms with Crippen LogP contribution in [0.3, 0.4) is 0 Å². The summed E-state index contributed by atoms with van der Waals surface area (Å²) in [5, 5.41) is 14.6. The van der Waals surface area contributed by atoms with Crippen LogP contribution in [-0.2, 0) is 9.59 Å². The molecule has 1 atom stereocenters. The summed E-state index contributed by atoms with van der Waals surface area (Å²) in [7, 11) is 0. The van der Waals surface area contributed by atoms with Crippen LogP contribution in [0.25, 0.3) is 0 Å². The molecule has 0 bridgehead atoms. The molecule has 5 nitrogen and oxygen atoms in total. The molecule has 0 aliphatic heterocycles. The Kier molecular flexibility index (Phi) is 12.2. The fourth-order valence-corrected chi connectivity index (χ4v) is 2.14. The van der Waals surface area contributed by atoms with Crippen molar-refractivity contribution in [2.24, 2.45) is 5.92 Å². The number of aliphatic hydroxyl groups excluding tert-OH is 1. The van der Waals surface area contributed by atoms with E-state index in [1.54, 1.807) is 0 Å². The van der Waals surface area contributed by atoms with Gasteiger partial charge in [-0.1, -0.05) is 19.8 Å². The first-order valence-corrected chi connectivity index (χ1v) is 7.72. The average molecular weight is 286 g/mol. The largest absolute Gasteiger partial charge is 0.396 e. The van der Waals surface area contributed by atoms with Gasteiger partial charge in [-0.15, -0.1) is 0 Å². The van der Waals surface area contributed by atoms with Crippen molar-refractivity contribution in [2.75, 3.05) is 19.7 Å². The summed E-state index contributed by atoms with van der Waals surface area (Å²) in [5.74, 6) is 0.464. The summed E-state index contributed by atoms with van der Waals surface area (Å²) in [5.41, 5.74) is 0. The summed E-state index contributed by atoms with van der Waals surface area (Å²) < 4.78 is 0. The molecule has 2 amide bonds. The van der Waals surface area contributed by atoms with Crippen molar-refractivity contribution in [3.8, 4) is 0 Å². The SMILES string of the molecule is CCCC(CCO)CNC(=O)CCCCCNC(C)=O. The quantitative estimate of drug-likeness (QED) is 0.477. The lowest BCUT2D eigenvalue weighted by atomic mass is 10.0. The molecule has 0 saturated heterocycles. The fourth-order valence-electron chi connectivity index (χ4n) is 2.14. The minimum absolute atomic E-state index is 0.00593. The van der Waals surface area contributed by atoms with Crippen molar-refractivity contribution >= 4 is 11.8 Å². The van der Waals surface area contributed by atoms with E-state index >= 15 is 0 Å². The van der Waals surface area contributed by atoms with Crippen molar-refractivity contribution in [2.45, 2.75) is 58.8 Å². The molecule has 0 aromatic heterocycles. The summed E-state index contributed by atoms with van der Waals surface area (Å²) in [4.78, 5) is 22.3. The number of hydrogen-bond donors (Lipinski definition) is 3. The van der Waals surface area contributed by atoms with Crippen LogP contribution >= 0.6 is 0 Å². The van der Waals surface area contributed by atoms with Gasteiger partial charge in [-0.25, -0.2) is 0 Å². The van der Waals surface area contributed by atoms with Crippen LogP contribution in [0.1, 0.15) is 58.8 Å². The Hall–Kier alpha value is -1.10. The van der Waals surface area contributed by atoms with Crippen LogP contribution in [0.5, 0.6) is 0 Å². The molecule has 0 heterocycles. The summed E-state index contributed by atoms with van der Waals surface area (Å²) in [6.45, 7) is 5.16. The number of unbranched alkanes of at least 4 members (excludes halogenated alkanes) is 2. The molecule has 0 spiro atoms. The van der Waals surface area contributed by atoms with Crippen molar-refractivity contribution in [1.82, 2.24) is 10.6 Å². The molecule has 0 rings (SSSR count). The van der Waals surface area contributed by atoms with Crippen LogP contribution in [0, 0.1) is 5.92 Å². The molecule has 0 aromatic rings. The number of carbonyl (C=O) groups excluding carboxylic acids is 2. The third kappa shape index (κ3) is 12.0. The molecule has 5 heteroatoms. The van der Waals surface area contributed by atoms with Crippen LogP contribution in [0.4, 0.5) is 0 Å². The minimum Gasteiger partial charge on any atom is -0.396 e. The van der Waals surface area contributed by atoms with E-state index in [-0.39, 0.29) is 18.4 Å². The molecule has 0 aromatic carbocycles. The lowest BCUT2D eigenvalue weighted by molar-refractivity contribution is -0.121. The second-order valence-corrected chi connectivity index (χ2v) is 5.26. The van der Waals surface area contributed by atoms with Gasteiger partial charge in [-0.2, -0.15) is 0 Å². The van der Waals surface area contributed by atoms with Gasteiger partial charge in [0, 0.05) is 33.0 Å². The minimum atomic E-state index is -0.00593. The molecular formula is C15H30N2O3. The molecule has 1 unspecified atom stereocenters. The fraction of sp³-hybridized carbons (Fsp3) is 0.867. The Balaban J connectivity index is 3.54. The maximum Gasteiger partial charge on any atom is 0.220 e. The van der Waals surface area contributed by atoms with Crippen LogP contribution in [-0.4, -0.2) is 36.6 Å². The number of amides is 2. The zero-order valence-electron chi connectivity index (χ0n) is 12.9.